The number of hydrogen-bond donors (Lipinski definition) is 1. The van der Waals surface area contributed by atoms with Crippen molar-refractivity contribution in [2.75, 3.05) is 0 Å². The van der Waals surface area contributed by atoms with Crippen LogP contribution in [0.4, 0.5) is 0 Å². The quantitative estimate of drug-likeness (QED) is 0.144. The molecule has 0 spiro atoms. The van der Waals surface area contributed by atoms with E-state index in [4.69, 9.17) is 0 Å². The molecule has 0 aliphatic rings. The average molecular weight is 710 g/mol. The first-order valence-corrected chi connectivity index (χ1v) is 13.7. The van der Waals surface area contributed by atoms with Crippen molar-refractivity contribution in [2.45, 2.75) is 101 Å². The van der Waals surface area contributed by atoms with Crippen LogP contribution in [0.15, 0.2) is 48.5 Å². The third kappa shape index (κ3) is 10.3. The Labute approximate surface area is 251 Å². The molecule has 0 fully saturated rings. The minimum Gasteiger partial charge on any atom is -0.512 e. The van der Waals surface area contributed by atoms with Crippen LogP contribution in [0.5, 0.6) is 0 Å². The standard InChI is InChI=1S/C20H21N2.C13H24O2.CH4.Ir/c1-13-8-14(2)10-15(9-13)19-17-7-6-16(20(3,4)5)11-18(17)21-12-22-19;1-5-10(6-2)12(14)9-13(15)11(7-3)8-4;;/h6-9,11-12H,1-5H3;9-11,14H,5-8H2,1-4H3;1H4;/q-1;;;. The van der Waals surface area contributed by atoms with Crippen molar-refractivity contribution in [1.82, 2.24) is 9.97 Å². The molecule has 5 heteroatoms. The van der Waals surface area contributed by atoms with E-state index in [0.29, 0.717) is 0 Å². The SMILES string of the molecule is C.CCC(CC)C(=O)C=C(O)C(CC)CC.Cc1[c-]c(-c2ncnc3cc(C(C)(C)C)ccc23)cc(C)c1.[Ir]. The minimum absolute atomic E-state index is 0. The molecular weight excluding hydrogens is 661 g/mol. The predicted molar refractivity (Wildman–Crippen MR) is 163 cm³/mol. The molecule has 1 aromatic heterocycles. The number of aryl methyl sites for hydroxylation is 2. The van der Waals surface area contributed by atoms with Gasteiger partial charge in [0.1, 0.15) is 6.33 Å². The van der Waals surface area contributed by atoms with Gasteiger partial charge in [0.15, 0.2) is 5.78 Å². The Morgan fingerprint density at radius 1 is 0.949 bits per heavy atom. The van der Waals surface area contributed by atoms with Crippen molar-refractivity contribution in [1.29, 1.82) is 0 Å². The summed E-state index contributed by atoms with van der Waals surface area (Å²) in [6.45, 7) is 18.9. The number of allylic oxidation sites excluding steroid dienone is 2. The van der Waals surface area contributed by atoms with Gasteiger partial charge in [-0.1, -0.05) is 81.9 Å². The first-order chi connectivity index (χ1) is 17.4. The van der Waals surface area contributed by atoms with Crippen molar-refractivity contribution in [2.24, 2.45) is 11.8 Å². The molecule has 0 unspecified atom stereocenters. The number of carbonyl (C=O) groups is 1. The largest absolute Gasteiger partial charge is 0.512 e. The smallest absolute Gasteiger partial charge is 0.162 e. The number of benzene rings is 2. The van der Waals surface area contributed by atoms with E-state index < -0.39 is 0 Å². The van der Waals surface area contributed by atoms with Gasteiger partial charge in [0.05, 0.1) is 11.3 Å². The Morgan fingerprint density at radius 3 is 2.05 bits per heavy atom. The van der Waals surface area contributed by atoms with Crippen LogP contribution in [0.25, 0.3) is 22.2 Å². The number of fused-ring (bicyclic) bond motifs is 1. The molecule has 0 amide bonds. The summed E-state index contributed by atoms with van der Waals surface area (Å²) in [4.78, 5) is 20.7. The van der Waals surface area contributed by atoms with E-state index in [1.807, 2.05) is 27.7 Å². The van der Waals surface area contributed by atoms with Gasteiger partial charge in [-0.2, -0.15) is 0 Å². The molecule has 217 valence electrons. The summed E-state index contributed by atoms with van der Waals surface area (Å²) in [5.74, 6) is 0.547. The average Bonchev–Trinajstić information content (AvgIpc) is 2.84. The second-order valence-corrected chi connectivity index (χ2v) is 11.0. The summed E-state index contributed by atoms with van der Waals surface area (Å²) in [7, 11) is 0. The molecule has 3 rings (SSSR count). The molecule has 0 saturated carbocycles. The third-order valence-electron chi connectivity index (χ3n) is 6.99. The number of nitrogens with zero attached hydrogens (tertiary/aromatic N) is 2. The van der Waals surface area contributed by atoms with Gasteiger partial charge in [0, 0.05) is 38.0 Å². The predicted octanol–water partition coefficient (Wildman–Crippen LogP) is 9.51. The van der Waals surface area contributed by atoms with E-state index >= 15 is 0 Å². The molecule has 2 aromatic carbocycles. The number of aliphatic hydroxyl groups excluding tert-OH is 1. The second-order valence-electron chi connectivity index (χ2n) is 11.0. The molecule has 39 heavy (non-hydrogen) atoms. The Hall–Kier alpha value is -2.36. The van der Waals surface area contributed by atoms with Crippen LogP contribution >= 0.6 is 0 Å². The molecular formula is C34H49IrN2O2-. The number of aliphatic hydroxyl groups is 1. The second kappa shape index (κ2) is 16.7. The molecule has 1 N–H and O–H groups in total. The van der Waals surface area contributed by atoms with E-state index in [9.17, 15) is 9.90 Å². The summed E-state index contributed by atoms with van der Waals surface area (Å²) < 4.78 is 0. The zero-order chi connectivity index (χ0) is 27.8. The maximum atomic E-state index is 11.7. The third-order valence-corrected chi connectivity index (χ3v) is 6.99. The fourth-order valence-corrected chi connectivity index (χ4v) is 4.54. The topological polar surface area (TPSA) is 63.1 Å². The van der Waals surface area contributed by atoms with Gasteiger partial charge < -0.3 is 5.11 Å². The van der Waals surface area contributed by atoms with E-state index in [1.54, 1.807) is 6.33 Å². The van der Waals surface area contributed by atoms with Crippen LogP contribution in [-0.4, -0.2) is 20.9 Å². The van der Waals surface area contributed by atoms with Gasteiger partial charge in [0.25, 0.3) is 0 Å². The van der Waals surface area contributed by atoms with Crippen LogP contribution in [-0.2, 0) is 30.3 Å². The van der Waals surface area contributed by atoms with Crippen molar-refractivity contribution >= 4 is 16.7 Å². The number of ketones is 1. The Kier molecular flexibility index (Phi) is 15.7. The van der Waals surface area contributed by atoms with Gasteiger partial charge in [-0.15, -0.1) is 34.9 Å². The molecule has 0 bridgehead atoms. The van der Waals surface area contributed by atoms with Gasteiger partial charge in [-0.25, -0.2) is 4.98 Å². The van der Waals surface area contributed by atoms with Crippen LogP contribution in [0.2, 0.25) is 0 Å². The zero-order valence-electron chi connectivity index (χ0n) is 24.6. The van der Waals surface area contributed by atoms with E-state index in [0.717, 1.165) is 53.4 Å². The molecule has 1 radical (unpaired) electrons. The van der Waals surface area contributed by atoms with Crippen LogP contribution in [0.3, 0.4) is 0 Å². The number of rotatable bonds is 8. The summed E-state index contributed by atoms with van der Waals surface area (Å²) in [6.07, 6.45) is 6.55. The summed E-state index contributed by atoms with van der Waals surface area (Å²) in [5, 5.41) is 10.8. The van der Waals surface area contributed by atoms with Crippen molar-refractivity contribution < 1.29 is 30.0 Å². The van der Waals surface area contributed by atoms with E-state index in [2.05, 4.69) is 81.0 Å². The fraction of sp³-hybridized carbons (Fsp3) is 0.500. The first-order valence-electron chi connectivity index (χ1n) is 13.7. The van der Waals surface area contributed by atoms with Gasteiger partial charge in [-0.3, -0.25) is 9.78 Å². The summed E-state index contributed by atoms with van der Waals surface area (Å²) >= 11 is 0. The van der Waals surface area contributed by atoms with Crippen LogP contribution < -0.4 is 0 Å². The van der Waals surface area contributed by atoms with Crippen molar-refractivity contribution in [3.63, 3.8) is 0 Å². The molecule has 0 saturated heterocycles. The van der Waals surface area contributed by atoms with Crippen LogP contribution in [0.1, 0.15) is 98.3 Å². The molecule has 0 aliphatic carbocycles. The summed E-state index contributed by atoms with van der Waals surface area (Å²) in [6, 6.07) is 14.2. The zero-order valence-corrected chi connectivity index (χ0v) is 27.0. The molecule has 0 atom stereocenters. The van der Waals surface area contributed by atoms with Crippen molar-refractivity contribution in [3.05, 3.63) is 71.3 Å². The Bertz CT molecular complexity index is 1200. The molecule has 0 aliphatic heterocycles. The van der Waals surface area contributed by atoms with Gasteiger partial charge >= 0.3 is 0 Å². The summed E-state index contributed by atoms with van der Waals surface area (Å²) in [5.41, 5.74) is 6.74. The number of aromatic nitrogens is 2. The monoisotopic (exact) mass is 710 g/mol. The minimum atomic E-state index is 0. The Morgan fingerprint density at radius 2 is 1.54 bits per heavy atom. The van der Waals surface area contributed by atoms with E-state index in [1.165, 1.54) is 17.2 Å². The molecule has 4 nitrogen and oxygen atoms in total. The molecule has 3 aromatic rings. The first kappa shape index (κ1) is 36.6. The maximum Gasteiger partial charge on any atom is 0.162 e. The van der Waals surface area contributed by atoms with Crippen molar-refractivity contribution in [3.8, 4) is 11.3 Å². The Balaban J connectivity index is 0.000000758. The van der Waals surface area contributed by atoms with Gasteiger partial charge in [0.2, 0.25) is 0 Å². The number of carbonyl (C=O) groups excluding carboxylic acids is 1. The number of hydrogen-bond acceptors (Lipinski definition) is 4. The normalized spacial score (nSPS) is 11.5. The molecule has 1 heterocycles. The maximum absolute atomic E-state index is 11.7. The van der Waals surface area contributed by atoms with Crippen LogP contribution in [0, 0.1) is 31.7 Å². The fourth-order valence-electron chi connectivity index (χ4n) is 4.54. The van der Waals surface area contributed by atoms with E-state index in [-0.39, 0.29) is 56.3 Å². The van der Waals surface area contributed by atoms with Gasteiger partial charge in [-0.05, 0) is 53.8 Å².